The van der Waals surface area contributed by atoms with Crippen LogP contribution in [0.3, 0.4) is 0 Å². The second-order valence-electron chi connectivity index (χ2n) is 15.3. The number of alkyl halides is 2. The summed E-state index contributed by atoms with van der Waals surface area (Å²) in [7, 11) is 0. The van der Waals surface area contributed by atoms with Gasteiger partial charge in [0.2, 0.25) is 11.8 Å². The van der Waals surface area contributed by atoms with Gasteiger partial charge < -0.3 is 36.4 Å². The van der Waals surface area contributed by atoms with Crippen LogP contribution in [0.2, 0.25) is 0 Å². The number of nitrogens with one attached hydrogen (secondary N) is 2. The molecule has 14 nitrogen and oxygen atoms in total. The average Bonchev–Trinajstić information content (AvgIpc) is 3.37. The van der Waals surface area contributed by atoms with Gasteiger partial charge in [0.25, 0.3) is 0 Å². The number of aliphatic carboxylic acids is 2. The first-order valence-corrected chi connectivity index (χ1v) is 18.8. The van der Waals surface area contributed by atoms with Crippen molar-refractivity contribution in [3.63, 3.8) is 0 Å². The molecule has 0 unspecified atom stereocenters. The number of nitrogens with two attached hydrogens (primary N) is 1. The van der Waals surface area contributed by atoms with Gasteiger partial charge in [-0.2, -0.15) is 12.6 Å². The van der Waals surface area contributed by atoms with E-state index in [4.69, 9.17) is 20.7 Å². The minimum atomic E-state index is -2.15. The van der Waals surface area contributed by atoms with E-state index in [9.17, 15) is 38.7 Å². The van der Waals surface area contributed by atoms with E-state index >= 15 is 8.78 Å². The summed E-state index contributed by atoms with van der Waals surface area (Å²) >= 11 is 3.87. The summed E-state index contributed by atoms with van der Waals surface area (Å²) in [5, 5.41) is 32.7. The summed E-state index contributed by atoms with van der Waals surface area (Å²) < 4.78 is 37.7. The van der Waals surface area contributed by atoms with Crippen LogP contribution >= 0.6 is 12.6 Å². The third-order valence-corrected chi connectivity index (χ3v) is 12.0. The summed E-state index contributed by atoms with van der Waals surface area (Å²) in [4.78, 5) is 80.9. The molecule has 4 aliphatic rings. The number of rotatable bonds is 15. The molecule has 0 aromatic rings. The Kier molecular flexibility index (Phi) is 15.1. The lowest BCUT2D eigenvalue weighted by molar-refractivity contribution is -0.202. The van der Waals surface area contributed by atoms with Gasteiger partial charge in [-0.05, 0) is 74.0 Å². The first-order chi connectivity index (χ1) is 25.2. The molecule has 4 aliphatic carbocycles. The molecule has 54 heavy (non-hydrogen) atoms. The second-order valence-corrected chi connectivity index (χ2v) is 15.6. The molecule has 0 bridgehead atoms. The maximum atomic E-state index is 17.1. The lowest BCUT2D eigenvalue weighted by atomic mass is 9.45. The molecule has 4 rings (SSSR count). The zero-order valence-electron chi connectivity index (χ0n) is 31.0. The minimum Gasteiger partial charge on any atom is -0.480 e. The van der Waals surface area contributed by atoms with E-state index in [0.29, 0.717) is 12.8 Å². The van der Waals surface area contributed by atoms with Crippen LogP contribution in [-0.4, -0.2) is 106 Å². The highest BCUT2D eigenvalue weighted by molar-refractivity contribution is 7.80. The Balaban J connectivity index is 0.000000337. The molecule has 302 valence electrons. The molecule has 11 atom stereocenters. The number of carboxylic acid groups (broad SMARTS) is 2. The number of thiol groups is 1. The summed E-state index contributed by atoms with van der Waals surface area (Å²) in [6.07, 6.45) is 2.97. The van der Waals surface area contributed by atoms with Crippen molar-refractivity contribution in [3.8, 4) is 0 Å². The minimum absolute atomic E-state index is 0.0256. The van der Waals surface area contributed by atoms with Gasteiger partial charge in [0.1, 0.15) is 31.4 Å². The number of allylic oxidation sites excluding steroid dienone is 4. The summed E-state index contributed by atoms with van der Waals surface area (Å²) in [5.74, 6) is -6.45. The van der Waals surface area contributed by atoms with Gasteiger partial charge in [0.15, 0.2) is 17.2 Å². The van der Waals surface area contributed by atoms with Crippen molar-refractivity contribution < 1.29 is 62.4 Å². The van der Waals surface area contributed by atoms with Gasteiger partial charge in [-0.25, -0.2) is 8.78 Å². The van der Waals surface area contributed by atoms with Crippen LogP contribution in [0.4, 0.5) is 8.78 Å². The number of aliphatic hydroxyl groups excluding tert-OH is 1. The van der Waals surface area contributed by atoms with Crippen molar-refractivity contribution in [2.24, 2.45) is 40.2 Å². The zero-order chi connectivity index (χ0) is 40.8. The topological polar surface area (TPSA) is 239 Å². The first-order valence-electron chi connectivity index (χ1n) is 18.2. The fourth-order valence-electron chi connectivity index (χ4n) is 9.05. The highest BCUT2D eigenvalue weighted by atomic mass is 32.1. The van der Waals surface area contributed by atoms with Crippen LogP contribution in [0, 0.1) is 34.5 Å². The number of amides is 2. The molecule has 0 heterocycles. The average molecular weight is 786 g/mol. The predicted molar refractivity (Wildman–Crippen MR) is 193 cm³/mol. The van der Waals surface area contributed by atoms with E-state index in [1.165, 1.54) is 18.2 Å². The molecule has 17 heteroatoms. The second kappa shape index (κ2) is 18.3. The quantitative estimate of drug-likeness (QED) is 0.0935. The SMILES string of the molecule is CCCCC(=O)OCC(=O)[C@H]1[C@H](C)C[C@H]2[C@@H]3C[C@H](F)C4=CC(=O)C=C[C@]4(C)[C@@]3(F)[C@@H](O)C[C@@]21C.N[C@@H](CCC(=O)N[C@@H](CS)C(=O)NCC(=O)O)C(=O)O. The number of Topliss-reactive ketones (excluding diaryl/α,β-unsaturated/α-hetero) is 1. The van der Waals surface area contributed by atoms with Crippen LogP contribution in [0.25, 0.3) is 0 Å². The zero-order valence-corrected chi connectivity index (χ0v) is 31.9. The Bertz CT molecular complexity index is 1540. The number of hydrogen-bond donors (Lipinski definition) is 7. The Hall–Kier alpha value is -3.70. The van der Waals surface area contributed by atoms with E-state index in [0.717, 1.165) is 6.42 Å². The Labute approximate surface area is 318 Å². The van der Waals surface area contributed by atoms with Crippen molar-refractivity contribution in [1.82, 2.24) is 10.6 Å². The molecule has 0 aromatic heterocycles. The largest absolute Gasteiger partial charge is 0.480 e. The van der Waals surface area contributed by atoms with Crippen LogP contribution in [0.1, 0.15) is 79.1 Å². The molecule has 3 fully saturated rings. The number of ether oxygens (including phenoxy) is 1. The molecule has 7 N–H and O–H groups in total. The molecule has 0 aliphatic heterocycles. The fraction of sp³-hybridized carbons (Fsp3) is 0.703. The smallest absolute Gasteiger partial charge is 0.322 e. The van der Waals surface area contributed by atoms with Gasteiger partial charge in [-0.15, -0.1) is 0 Å². The Morgan fingerprint density at radius 1 is 1.11 bits per heavy atom. The number of esters is 1. The monoisotopic (exact) mass is 785 g/mol. The van der Waals surface area contributed by atoms with Gasteiger partial charge in [0.05, 0.1) is 6.10 Å². The van der Waals surface area contributed by atoms with Crippen LogP contribution in [0.15, 0.2) is 23.8 Å². The van der Waals surface area contributed by atoms with Crippen molar-refractivity contribution in [2.45, 2.75) is 109 Å². The van der Waals surface area contributed by atoms with Gasteiger partial charge >= 0.3 is 17.9 Å². The third kappa shape index (κ3) is 9.39. The number of carbonyl (C=O) groups excluding carboxylic acids is 5. The van der Waals surface area contributed by atoms with Crippen molar-refractivity contribution >= 4 is 53.9 Å². The van der Waals surface area contributed by atoms with Crippen molar-refractivity contribution in [2.75, 3.05) is 18.9 Å². The normalized spacial score (nSPS) is 33.3. The maximum absolute atomic E-state index is 17.1. The number of carboxylic acids is 2. The maximum Gasteiger partial charge on any atom is 0.322 e. The van der Waals surface area contributed by atoms with Gasteiger partial charge in [-0.1, -0.05) is 33.3 Å². The number of halogens is 2. The summed E-state index contributed by atoms with van der Waals surface area (Å²) in [6.45, 7) is 6.47. The number of aliphatic hydroxyl groups is 1. The number of carbonyl (C=O) groups is 7. The van der Waals surface area contributed by atoms with Crippen LogP contribution in [0.5, 0.6) is 0 Å². The number of hydrogen-bond acceptors (Lipinski definition) is 11. The van der Waals surface area contributed by atoms with Gasteiger partial charge in [-0.3, -0.25) is 33.6 Å². The van der Waals surface area contributed by atoms with E-state index in [1.807, 2.05) is 20.8 Å². The summed E-state index contributed by atoms with van der Waals surface area (Å²) in [5.41, 5.74) is 1.02. The number of unbranched alkanes of at least 4 members (excludes halogenated alkanes) is 1. The van der Waals surface area contributed by atoms with E-state index in [-0.39, 0.29) is 73.4 Å². The fourth-order valence-corrected chi connectivity index (χ4v) is 9.31. The highest BCUT2D eigenvalue weighted by Gasteiger charge is 2.73. The summed E-state index contributed by atoms with van der Waals surface area (Å²) in [6, 6.07) is -2.15. The molecule has 0 spiro atoms. The predicted octanol–water partition coefficient (Wildman–Crippen LogP) is 2.26. The third-order valence-electron chi connectivity index (χ3n) is 11.7. The van der Waals surface area contributed by atoms with E-state index < -0.39 is 89.0 Å². The molecule has 0 aromatic carbocycles. The number of fused-ring (bicyclic) bond motifs is 5. The van der Waals surface area contributed by atoms with E-state index in [1.54, 1.807) is 6.92 Å². The molecular formula is C37H53F2N3O11S. The number of ketones is 2. The molecule has 3 saturated carbocycles. The van der Waals surface area contributed by atoms with Gasteiger partial charge in [0, 0.05) is 35.8 Å². The first kappa shape index (κ1) is 44.7. The van der Waals surface area contributed by atoms with Crippen LogP contribution < -0.4 is 16.4 Å². The van der Waals surface area contributed by atoms with Crippen molar-refractivity contribution in [3.05, 3.63) is 23.8 Å². The lowest BCUT2D eigenvalue weighted by Gasteiger charge is -2.62. The highest BCUT2D eigenvalue weighted by Crippen LogP contribution is 2.70. The molecule has 0 saturated heterocycles. The standard InChI is InChI=1S/C27H36F2O5.C10H17N3O6S/c1-5-6-7-23(33)34-14-21(31)24-15(2)10-17-18-12-20(28)19-11-16(30)8-9-26(19,4)27(18,29)22(32)13-25(17,24)3;11-5(10(18)19)1-2-7(14)13-6(4-20)9(17)12-3-8(15)16/h8-9,11,15,17-18,20,22,24,32H,5-7,10,12-14H2,1-4H3;5-6,20H,1-4,11H2,(H,12,17)(H,13,14)(H,15,16)(H,18,19)/t15-,17+,18+,20+,22+,24-,25+,26+,27+;5-,6-/m10/s1. The Morgan fingerprint density at radius 2 is 1.78 bits per heavy atom. The molecular weight excluding hydrogens is 732 g/mol. The van der Waals surface area contributed by atoms with Crippen LogP contribution in [-0.2, 0) is 38.3 Å². The van der Waals surface area contributed by atoms with E-state index in [2.05, 4.69) is 23.3 Å². The molecule has 2 amide bonds. The van der Waals surface area contributed by atoms with Crippen molar-refractivity contribution in [1.29, 1.82) is 0 Å². The molecule has 0 radical (unpaired) electrons. The Morgan fingerprint density at radius 3 is 2.37 bits per heavy atom. The lowest BCUT2D eigenvalue weighted by Crippen LogP contribution is -2.68.